The first-order chi connectivity index (χ1) is 11.1. The third-order valence-electron chi connectivity index (χ3n) is 4.73. The van der Waals surface area contributed by atoms with Crippen LogP contribution in [0.4, 0.5) is 0 Å². The SMILES string of the molecule is CC(=O)n1cc([C@H](CC(C)C)N2CCNCC2)c2ccccc21. The molecule has 0 unspecified atom stereocenters. The maximum Gasteiger partial charge on any atom is 0.227 e. The summed E-state index contributed by atoms with van der Waals surface area (Å²) in [6.07, 6.45) is 3.19. The Bertz CT molecular complexity index is 683. The number of fused-ring (bicyclic) bond motifs is 1. The first kappa shape index (κ1) is 16.2. The molecule has 0 saturated carbocycles. The van der Waals surface area contributed by atoms with Crippen LogP contribution in [0.15, 0.2) is 30.5 Å². The molecule has 1 atom stereocenters. The number of piperazine rings is 1. The Hall–Kier alpha value is -1.65. The Morgan fingerprint density at radius 3 is 2.57 bits per heavy atom. The van der Waals surface area contributed by atoms with E-state index in [-0.39, 0.29) is 5.91 Å². The summed E-state index contributed by atoms with van der Waals surface area (Å²) >= 11 is 0. The average molecular weight is 313 g/mol. The number of carbonyl (C=O) groups excluding carboxylic acids is 1. The van der Waals surface area contributed by atoms with E-state index in [9.17, 15) is 4.79 Å². The van der Waals surface area contributed by atoms with Crippen molar-refractivity contribution < 1.29 is 4.79 Å². The molecule has 1 aliphatic rings. The van der Waals surface area contributed by atoms with E-state index in [4.69, 9.17) is 0 Å². The molecule has 1 saturated heterocycles. The second-order valence-electron chi connectivity index (χ2n) is 6.92. The van der Waals surface area contributed by atoms with Gasteiger partial charge in [-0.15, -0.1) is 0 Å². The predicted molar refractivity (Wildman–Crippen MR) is 94.9 cm³/mol. The molecule has 0 aliphatic carbocycles. The second-order valence-corrected chi connectivity index (χ2v) is 6.92. The maximum absolute atomic E-state index is 12.0. The van der Waals surface area contributed by atoms with Crippen LogP contribution in [-0.4, -0.2) is 41.6 Å². The van der Waals surface area contributed by atoms with Gasteiger partial charge in [0.05, 0.1) is 5.52 Å². The highest BCUT2D eigenvalue weighted by atomic mass is 16.1. The fourth-order valence-corrected chi connectivity index (χ4v) is 3.65. The summed E-state index contributed by atoms with van der Waals surface area (Å²) in [5, 5.41) is 4.65. The number of benzene rings is 1. The van der Waals surface area contributed by atoms with Crippen LogP contribution in [-0.2, 0) is 0 Å². The number of hydrogen-bond acceptors (Lipinski definition) is 3. The number of nitrogens with zero attached hydrogens (tertiary/aromatic N) is 2. The van der Waals surface area contributed by atoms with Crippen LogP contribution in [0, 0.1) is 5.92 Å². The predicted octanol–water partition coefficient (Wildman–Crippen LogP) is 3.29. The van der Waals surface area contributed by atoms with Gasteiger partial charge in [-0.25, -0.2) is 0 Å². The Labute approximate surface area is 138 Å². The van der Waals surface area contributed by atoms with Gasteiger partial charge in [0.1, 0.15) is 0 Å². The lowest BCUT2D eigenvalue weighted by atomic mass is 9.94. The lowest BCUT2D eigenvalue weighted by Crippen LogP contribution is -2.45. The van der Waals surface area contributed by atoms with Gasteiger partial charge in [-0.05, 0) is 24.0 Å². The van der Waals surface area contributed by atoms with E-state index in [0.717, 1.165) is 38.1 Å². The van der Waals surface area contributed by atoms with E-state index >= 15 is 0 Å². The van der Waals surface area contributed by atoms with Crippen molar-refractivity contribution in [2.24, 2.45) is 5.92 Å². The summed E-state index contributed by atoms with van der Waals surface area (Å²) in [6.45, 7) is 10.4. The Morgan fingerprint density at radius 1 is 1.22 bits per heavy atom. The molecule has 0 spiro atoms. The van der Waals surface area contributed by atoms with Gasteiger partial charge in [-0.2, -0.15) is 0 Å². The van der Waals surface area contributed by atoms with Gasteiger partial charge in [0.2, 0.25) is 5.91 Å². The lowest BCUT2D eigenvalue weighted by molar-refractivity contribution is 0.0940. The molecule has 0 bridgehead atoms. The first-order valence-corrected chi connectivity index (χ1v) is 8.63. The Balaban J connectivity index is 2.07. The number of hydrogen-bond donors (Lipinski definition) is 1. The van der Waals surface area contributed by atoms with Crippen LogP contribution in [0.25, 0.3) is 10.9 Å². The van der Waals surface area contributed by atoms with Crippen molar-refractivity contribution in [2.75, 3.05) is 26.2 Å². The van der Waals surface area contributed by atoms with Crippen molar-refractivity contribution in [3.63, 3.8) is 0 Å². The molecule has 23 heavy (non-hydrogen) atoms. The zero-order chi connectivity index (χ0) is 16.4. The molecule has 2 heterocycles. The topological polar surface area (TPSA) is 37.3 Å². The van der Waals surface area contributed by atoms with Gasteiger partial charge in [0.15, 0.2) is 0 Å². The van der Waals surface area contributed by atoms with Gasteiger partial charge in [-0.1, -0.05) is 32.0 Å². The van der Waals surface area contributed by atoms with Crippen molar-refractivity contribution in [1.29, 1.82) is 0 Å². The standard InChI is InChI=1S/C19H27N3O/c1-14(2)12-19(21-10-8-20-9-11-21)17-13-22(15(3)23)18-7-5-4-6-16(17)18/h4-7,13-14,19-20H,8-12H2,1-3H3/t19-/m0/s1. The Morgan fingerprint density at radius 2 is 1.91 bits per heavy atom. The molecule has 1 aliphatic heterocycles. The molecule has 4 nitrogen and oxygen atoms in total. The zero-order valence-electron chi connectivity index (χ0n) is 14.4. The molecule has 1 N–H and O–H groups in total. The fraction of sp³-hybridized carbons (Fsp3) is 0.526. The summed E-state index contributed by atoms with van der Waals surface area (Å²) in [7, 11) is 0. The Kier molecular flexibility index (Phi) is 4.83. The quantitative estimate of drug-likeness (QED) is 0.941. The highest BCUT2D eigenvalue weighted by molar-refractivity contribution is 5.93. The zero-order valence-corrected chi connectivity index (χ0v) is 14.4. The van der Waals surface area contributed by atoms with Gasteiger partial charge < -0.3 is 5.32 Å². The van der Waals surface area contributed by atoms with Crippen molar-refractivity contribution in [3.05, 3.63) is 36.0 Å². The third kappa shape index (κ3) is 3.33. The van der Waals surface area contributed by atoms with Crippen LogP contribution in [0.2, 0.25) is 0 Å². The summed E-state index contributed by atoms with van der Waals surface area (Å²) in [5.41, 5.74) is 2.32. The number of carbonyl (C=O) groups is 1. The number of aromatic nitrogens is 1. The summed E-state index contributed by atoms with van der Waals surface area (Å²) in [6, 6.07) is 8.65. The van der Waals surface area contributed by atoms with Crippen molar-refractivity contribution in [3.8, 4) is 0 Å². The molecule has 3 rings (SSSR count). The largest absolute Gasteiger partial charge is 0.314 e. The van der Waals surface area contributed by atoms with E-state index < -0.39 is 0 Å². The molecule has 1 aromatic carbocycles. The number of para-hydroxylation sites is 1. The van der Waals surface area contributed by atoms with Crippen molar-refractivity contribution in [2.45, 2.75) is 33.2 Å². The molecule has 0 radical (unpaired) electrons. The van der Waals surface area contributed by atoms with Gasteiger partial charge >= 0.3 is 0 Å². The molecule has 0 amide bonds. The monoisotopic (exact) mass is 313 g/mol. The van der Waals surface area contributed by atoms with Crippen LogP contribution in [0.3, 0.4) is 0 Å². The summed E-state index contributed by atoms with van der Waals surface area (Å²) < 4.78 is 1.81. The van der Waals surface area contributed by atoms with Crippen molar-refractivity contribution >= 4 is 16.8 Å². The van der Waals surface area contributed by atoms with E-state index in [2.05, 4.69) is 42.4 Å². The lowest BCUT2D eigenvalue weighted by Gasteiger charge is -2.36. The second kappa shape index (κ2) is 6.85. The fourth-order valence-electron chi connectivity index (χ4n) is 3.65. The average Bonchev–Trinajstić information content (AvgIpc) is 2.93. The highest BCUT2D eigenvalue weighted by Crippen LogP contribution is 2.34. The minimum Gasteiger partial charge on any atom is -0.314 e. The third-order valence-corrected chi connectivity index (χ3v) is 4.73. The molecule has 2 aromatic rings. The van der Waals surface area contributed by atoms with Crippen LogP contribution in [0.1, 0.15) is 43.6 Å². The molecule has 1 aromatic heterocycles. The smallest absolute Gasteiger partial charge is 0.227 e. The summed E-state index contributed by atoms with van der Waals surface area (Å²) in [4.78, 5) is 14.6. The van der Waals surface area contributed by atoms with Crippen LogP contribution in [0.5, 0.6) is 0 Å². The molecule has 4 heteroatoms. The number of nitrogens with one attached hydrogen (secondary N) is 1. The molecule has 1 fully saturated rings. The molecular weight excluding hydrogens is 286 g/mol. The minimum atomic E-state index is 0.0797. The van der Waals surface area contributed by atoms with Crippen LogP contribution >= 0.6 is 0 Å². The first-order valence-electron chi connectivity index (χ1n) is 8.63. The normalized spacial score (nSPS) is 17.7. The van der Waals surface area contributed by atoms with E-state index in [1.54, 1.807) is 11.5 Å². The van der Waals surface area contributed by atoms with Gasteiger partial charge in [0.25, 0.3) is 0 Å². The van der Waals surface area contributed by atoms with E-state index in [1.165, 1.54) is 10.9 Å². The maximum atomic E-state index is 12.0. The van der Waals surface area contributed by atoms with E-state index in [0.29, 0.717) is 12.0 Å². The van der Waals surface area contributed by atoms with Crippen LogP contribution < -0.4 is 5.32 Å². The minimum absolute atomic E-state index is 0.0797. The van der Waals surface area contributed by atoms with Gasteiger partial charge in [-0.3, -0.25) is 14.3 Å². The summed E-state index contributed by atoms with van der Waals surface area (Å²) in [5.74, 6) is 0.699. The molecule has 124 valence electrons. The number of rotatable bonds is 4. The van der Waals surface area contributed by atoms with E-state index in [1.807, 2.05) is 12.1 Å². The highest BCUT2D eigenvalue weighted by Gasteiger charge is 2.26. The van der Waals surface area contributed by atoms with Crippen molar-refractivity contribution in [1.82, 2.24) is 14.8 Å². The molecular formula is C19H27N3O. The van der Waals surface area contributed by atoms with Gasteiger partial charge in [0, 0.05) is 50.7 Å².